The molecule has 0 aliphatic rings. The molecule has 3 rings (SSSR count). The molecule has 3 aromatic rings. The fourth-order valence-electron chi connectivity index (χ4n) is 3.22. The van der Waals surface area contributed by atoms with Crippen LogP contribution in [0.15, 0.2) is 71.2 Å². The van der Waals surface area contributed by atoms with Gasteiger partial charge in [0.1, 0.15) is 5.71 Å². The van der Waals surface area contributed by atoms with Gasteiger partial charge < -0.3 is 5.43 Å². The van der Waals surface area contributed by atoms with Crippen LogP contribution in [0.25, 0.3) is 6.08 Å². The molecule has 0 spiro atoms. The van der Waals surface area contributed by atoms with Gasteiger partial charge in [0.25, 0.3) is 0 Å². The summed E-state index contributed by atoms with van der Waals surface area (Å²) in [4.78, 5) is 4.52. The normalized spacial score (nSPS) is 11.2. The molecule has 0 fully saturated rings. The summed E-state index contributed by atoms with van der Waals surface area (Å²) in [5.41, 5.74) is 8.00. The summed E-state index contributed by atoms with van der Waals surface area (Å²) in [5, 5.41) is 16.3. The van der Waals surface area contributed by atoms with Crippen LogP contribution in [0, 0.1) is 12.3 Å². The second-order valence-corrected chi connectivity index (χ2v) is 8.12. The minimum atomic E-state index is 0.406. The predicted molar refractivity (Wildman–Crippen MR) is 140 cm³/mol. The van der Waals surface area contributed by atoms with Crippen molar-refractivity contribution in [3.05, 3.63) is 93.4 Å². The summed E-state index contributed by atoms with van der Waals surface area (Å²) in [6, 6.07) is 17.9. The van der Waals surface area contributed by atoms with Crippen LogP contribution in [-0.2, 0) is 6.42 Å². The summed E-state index contributed by atoms with van der Waals surface area (Å²) in [5.74, 6) is 0. The number of thiazole rings is 1. The number of nitrogens with zero attached hydrogens (tertiary/aromatic N) is 2. The Bertz CT molecular complexity index is 1020. The van der Waals surface area contributed by atoms with Crippen molar-refractivity contribution in [3.63, 3.8) is 0 Å². The van der Waals surface area contributed by atoms with Crippen molar-refractivity contribution in [3.8, 4) is 0 Å². The van der Waals surface area contributed by atoms with Gasteiger partial charge in [-0.1, -0.05) is 74.5 Å². The maximum Gasteiger partial charge on any atom is 0.116 e. The third kappa shape index (κ3) is 7.89. The van der Waals surface area contributed by atoms with Gasteiger partial charge in [0, 0.05) is 23.6 Å². The van der Waals surface area contributed by atoms with E-state index in [1.165, 1.54) is 5.69 Å². The lowest BCUT2D eigenvalue weighted by Gasteiger charge is -2.09. The summed E-state index contributed by atoms with van der Waals surface area (Å²) >= 11 is 1.72. The predicted octanol–water partition coefficient (Wildman–Crippen LogP) is 6.90. The molecule has 0 unspecified atom stereocenters. The lowest BCUT2D eigenvalue weighted by molar-refractivity contribution is 0.737. The highest BCUT2D eigenvalue weighted by atomic mass is 32.1. The Morgan fingerprint density at radius 2 is 1.81 bits per heavy atom. The zero-order valence-electron chi connectivity index (χ0n) is 19.6. The fraction of sp³-hybridized carbons (Fsp3) is 0.296. The van der Waals surface area contributed by atoms with Crippen molar-refractivity contribution in [2.24, 2.45) is 5.10 Å². The average molecular weight is 447 g/mol. The Morgan fingerprint density at radius 3 is 2.50 bits per heavy atom. The largest absolute Gasteiger partial charge is 0.312 e. The van der Waals surface area contributed by atoms with E-state index in [1.54, 1.807) is 18.4 Å². The first kappa shape index (κ1) is 25.2. The number of rotatable bonds is 10. The Kier molecular flexibility index (Phi) is 11.1. The maximum atomic E-state index is 8.59. The van der Waals surface area contributed by atoms with Crippen molar-refractivity contribution in [1.29, 1.82) is 5.41 Å². The first-order valence-electron chi connectivity index (χ1n) is 11.2. The zero-order chi connectivity index (χ0) is 23.2. The number of aromatic nitrogens is 1. The van der Waals surface area contributed by atoms with Crippen molar-refractivity contribution in [2.45, 2.75) is 46.5 Å². The van der Waals surface area contributed by atoms with Gasteiger partial charge in [-0.05, 0) is 44.2 Å². The molecule has 0 radical (unpaired) electrons. The van der Waals surface area contributed by atoms with Gasteiger partial charge in [-0.15, -0.1) is 11.3 Å². The van der Waals surface area contributed by atoms with Crippen LogP contribution in [0.2, 0.25) is 0 Å². The lowest BCUT2D eigenvalue weighted by atomic mass is 9.98. The highest BCUT2D eigenvalue weighted by molar-refractivity contribution is 7.09. The van der Waals surface area contributed by atoms with Crippen LogP contribution in [-0.4, -0.2) is 23.5 Å². The molecular formula is C27H34N4S. The monoisotopic (exact) mass is 446 g/mol. The molecule has 1 aromatic heterocycles. The van der Waals surface area contributed by atoms with Crippen LogP contribution in [0.4, 0.5) is 0 Å². The quantitative estimate of drug-likeness (QED) is 0.202. The van der Waals surface area contributed by atoms with Gasteiger partial charge in [0.15, 0.2) is 0 Å². The van der Waals surface area contributed by atoms with Gasteiger partial charge >= 0.3 is 0 Å². The number of hydrogen-bond acceptors (Lipinski definition) is 5. The van der Waals surface area contributed by atoms with Gasteiger partial charge in [0.2, 0.25) is 0 Å². The Labute approximate surface area is 196 Å². The third-order valence-electron chi connectivity index (χ3n) is 4.71. The molecule has 2 aromatic carbocycles. The number of nitrogens with one attached hydrogen (secondary N) is 2. The Balaban J connectivity index is 0.00000176. The topological polar surface area (TPSA) is 61.1 Å². The van der Waals surface area contributed by atoms with Crippen LogP contribution in [0.5, 0.6) is 0 Å². The molecule has 0 amide bonds. The van der Waals surface area contributed by atoms with Crippen LogP contribution in [0.1, 0.15) is 60.5 Å². The van der Waals surface area contributed by atoms with E-state index in [2.05, 4.69) is 52.1 Å². The average Bonchev–Trinajstić information content (AvgIpc) is 3.26. The van der Waals surface area contributed by atoms with E-state index in [1.807, 2.05) is 56.3 Å². The molecule has 0 bridgehead atoms. The van der Waals surface area contributed by atoms with Gasteiger partial charge in [-0.3, -0.25) is 5.41 Å². The molecule has 0 saturated heterocycles. The van der Waals surface area contributed by atoms with Crippen molar-refractivity contribution >= 4 is 28.8 Å². The Hall–Kier alpha value is -3.05. The highest BCUT2D eigenvalue weighted by Gasteiger charge is 2.12. The molecule has 0 aliphatic heterocycles. The summed E-state index contributed by atoms with van der Waals surface area (Å²) in [6.45, 7) is 6.05. The van der Waals surface area contributed by atoms with E-state index >= 15 is 0 Å². The van der Waals surface area contributed by atoms with E-state index in [-0.39, 0.29) is 0 Å². The molecule has 0 aliphatic carbocycles. The van der Waals surface area contributed by atoms with Gasteiger partial charge in [-0.25, -0.2) is 4.98 Å². The van der Waals surface area contributed by atoms with E-state index in [9.17, 15) is 0 Å². The van der Waals surface area contributed by atoms with Crippen LogP contribution in [0.3, 0.4) is 0 Å². The molecule has 32 heavy (non-hydrogen) atoms. The molecule has 168 valence electrons. The first-order valence-corrected chi connectivity index (χ1v) is 12.1. The molecule has 4 nitrogen and oxygen atoms in total. The minimum absolute atomic E-state index is 0.406. The number of hydrazone groups is 1. The first-order chi connectivity index (χ1) is 15.7. The SMILES string of the molecule is CC.CN/N=C(\C(=N)c1ccccc1)c1cccc(/C=C/CCCCc2csc(C)n2)c1. The lowest BCUT2D eigenvalue weighted by Crippen LogP contribution is -2.19. The van der Waals surface area contributed by atoms with Gasteiger partial charge in [0.05, 0.1) is 16.4 Å². The molecule has 1 heterocycles. The molecule has 2 N–H and O–H groups in total. The number of hydrogen-bond donors (Lipinski definition) is 2. The minimum Gasteiger partial charge on any atom is -0.312 e. The fourth-order valence-corrected chi connectivity index (χ4v) is 3.87. The Morgan fingerprint density at radius 1 is 1.06 bits per heavy atom. The molecular weight excluding hydrogens is 412 g/mol. The van der Waals surface area contributed by atoms with E-state index < -0.39 is 0 Å². The van der Waals surface area contributed by atoms with Crippen LogP contribution >= 0.6 is 11.3 Å². The third-order valence-corrected chi connectivity index (χ3v) is 5.54. The second-order valence-electron chi connectivity index (χ2n) is 7.06. The zero-order valence-corrected chi connectivity index (χ0v) is 20.4. The van der Waals surface area contributed by atoms with Crippen molar-refractivity contribution in [1.82, 2.24) is 10.4 Å². The number of allylic oxidation sites excluding steroid dienone is 1. The number of aryl methyl sites for hydroxylation is 2. The summed E-state index contributed by atoms with van der Waals surface area (Å²) in [7, 11) is 1.76. The summed E-state index contributed by atoms with van der Waals surface area (Å²) < 4.78 is 0. The van der Waals surface area contributed by atoms with Crippen molar-refractivity contribution < 1.29 is 0 Å². The highest BCUT2D eigenvalue weighted by Crippen LogP contribution is 2.14. The van der Waals surface area contributed by atoms with E-state index in [0.717, 1.165) is 47.4 Å². The molecule has 0 saturated carbocycles. The molecule has 0 atom stereocenters. The number of unbranched alkanes of at least 4 members (excludes halogenated alkanes) is 2. The number of benzene rings is 2. The smallest absolute Gasteiger partial charge is 0.116 e. The van der Waals surface area contributed by atoms with E-state index in [0.29, 0.717) is 11.4 Å². The second kappa shape index (κ2) is 14.1. The standard InChI is InChI=1S/C25H28N4S.C2H6/c1-19-28-23(18-30-19)16-9-4-3-6-11-20-12-10-15-22(17-20)25(29-27-2)24(26)21-13-7-5-8-14-21;1-2/h5-8,10-15,17-18,26-27H,3-4,9,16H2,1-2H3;1-2H3/b11-6+,26-24?,29-25-;. The van der Waals surface area contributed by atoms with E-state index in [4.69, 9.17) is 5.41 Å². The maximum absolute atomic E-state index is 8.59. The van der Waals surface area contributed by atoms with Crippen LogP contribution < -0.4 is 5.43 Å². The van der Waals surface area contributed by atoms with Gasteiger partial charge in [-0.2, -0.15) is 5.10 Å². The van der Waals surface area contributed by atoms with Crippen molar-refractivity contribution in [2.75, 3.05) is 7.05 Å². The molecule has 5 heteroatoms. The summed E-state index contributed by atoms with van der Waals surface area (Å²) in [6.07, 6.45) is 8.78.